The van der Waals surface area contributed by atoms with Crippen molar-refractivity contribution in [2.45, 2.75) is 13.3 Å². The van der Waals surface area contributed by atoms with Gasteiger partial charge in [-0.1, -0.05) is 12.1 Å². The number of ether oxygens (including phenoxy) is 1. The lowest BCUT2D eigenvalue weighted by Crippen LogP contribution is -2.15. The van der Waals surface area contributed by atoms with Gasteiger partial charge in [-0.05, 0) is 31.2 Å². The van der Waals surface area contributed by atoms with Crippen molar-refractivity contribution in [3.63, 3.8) is 0 Å². The number of aromatic amines is 1. The van der Waals surface area contributed by atoms with E-state index >= 15 is 0 Å². The van der Waals surface area contributed by atoms with Crippen molar-refractivity contribution in [3.05, 3.63) is 58.9 Å². The first-order valence-electron chi connectivity index (χ1n) is 7.68. The number of carbonyl (C=O) groups is 1. The Bertz CT molecular complexity index is 960. The summed E-state index contributed by atoms with van der Waals surface area (Å²) in [5, 5.41) is 4.90. The van der Waals surface area contributed by atoms with Gasteiger partial charge in [0, 0.05) is 5.39 Å². The summed E-state index contributed by atoms with van der Waals surface area (Å²) in [6.07, 6.45) is 1.41. The highest BCUT2D eigenvalue weighted by Gasteiger charge is 2.14. The van der Waals surface area contributed by atoms with Gasteiger partial charge in [0.25, 0.3) is 0 Å². The predicted molar refractivity (Wildman–Crippen MR) is 92.5 cm³/mol. The second-order valence-corrected chi connectivity index (χ2v) is 5.07. The van der Waals surface area contributed by atoms with Gasteiger partial charge in [0.2, 0.25) is 0 Å². The molecule has 0 aliphatic rings. The number of hydrogen-bond acceptors (Lipinski definition) is 7. The van der Waals surface area contributed by atoms with E-state index in [1.807, 2.05) is 6.07 Å². The quantitative estimate of drug-likeness (QED) is 0.405. The van der Waals surface area contributed by atoms with Crippen molar-refractivity contribution in [2.75, 3.05) is 12.0 Å². The summed E-state index contributed by atoms with van der Waals surface area (Å²) < 4.78 is 10.3. The van der Waals surface area contributed by atoms with E-state index in [1.54, 1.807) is 37.3 Å². The number of hydrazone groups is 1. The summed E-state index contributed by atoms with van der Waals surface area (Å²) in [5.74, 6) is 0.283. The summed E-state index contributed by atoms with van der Waals surface area (Å²) in [6.45, 7) is 2.00. The standard InChI is InChI=1S/C17H16N4O4/c1-2-24-15(22)10-13(14-8-5-9-25-14)20-21-16-11-6-3-4-7-12(11)18-17(23)19-16/h3-9H,2,10H2,1H3,(H2,18,19,21,23)/b20-13+. The number of rotatable bonds is 6. The smallest absolute Gasteiger partial charge is 0.347 e. The Balaban J connectivity index is 1.94. The fraction of sp³-hybridized carbons (Fsp3) is 0.176. The largest absolute Gasteiger partial charge is 0.466 e. The first-order chi connectivity index (χ1) is 12.2. The zero-order chi connectivity index (χ0) is 17.6. The Hall–Kier alpha value is -3.42. The Morgan fingerprint density at radius 2 is 2.16 bits per heavy atom. The molecule has 25 heavy (non-hydrogen) atoms. The number of fused-ring (bicyclic) bond motifs is 1. The van der Waals surface area contributed by atoms with Crippen molar-refractivity contribution >= 4 is 28.4 Å². The molecule has 8 heteroatoms. The summed E-state index contributed by atoms with van der Waals surface area (Å²) >= 11 is 0. The maximum atomic E-state index is 11.8. The van der Waals surface area contributed by atoms with Crippen LogP contribution in [0.3, 0.4) is 0 Å². The van der Waals surface area contributed by atoms with Crippen LogP contribution in [0.4, 0.5) is 5.82 Å². The SMILES string of the molecule is CCOC(=O)C/C(=N\Nc1nc(=O)[nH]c2ccccc12)c1ccco1. The van der Waals surface area contributed by atoms with Gasteiger partial charge in [-0.3, -0.25) is 10.2 Å². The molecule has 0 atom stereocenters. The Labute approximate surface area is 142 Å². The summed E-state index contributed by atoms with van der Waals surface area (Å²) in [4.78, 5) is 30.0. The molecule has 3 aromatic rings. The number of benzene rings is 1. The third-order valence-corrected chi connectivity index (χ3v) is 3.36. The normalized spacial score (nSPS) is 11.5. The zero-order valence-electron chi connectivity index (χ0n) is 13.5. The molecule has 128 valence electrons. The molecule has 0 spiro atoms. The van der Waals surface area contributed by atoms with Gasteiger partial charge in [0.05, 0.1) is 24.8 Å². The van der Waals surface area contributed by atoms with Gasteiger partial charge in [-0.2, -0.15) is 10.1 Å². The van der Waals surface area contributed by atoms with Crippen LogP contribution < -0.4 is 11.1 Å². The molecule has 0 aliphatic carbocycles. The van der Waals surface area contributed by atoms with E-state index in [9.17, 15) is 9.59 Å². The van der Waals surface area contributed by atoms with E-state index in [2.05, 4.69) is 20.5 Å². The van der Waals surface area contributed by atoms with Crippen LogP contribution in [0.25, 0.3) is 10.9 Å². The molecule has 2 aromatic heterocycles. The van der Waals surface area contributed by atoms with Crippen LogP contribution in [-0.2, 0) is 9.53 Å². The highest BCUT2D eigenvalue weighted by atomic mass is 16.5. The monoisotopic (exact) mass is 340 g/mol. The van der Waals surface area contributed by atoms with Gasteiger partial charge in [0.1, 0.15) is 11.5 Å². The molecular weight excluding hydrogens is 324 g/mol. The topological polar surface area (TPSA) is 110 Å². The minimum Gasteiger partial charge on any atom is -0.466 e. The van der Waals surface area contributed by atoms with Crippen LogP contribution in [0.5, 0.6) is 0 Å². The lowest BCUT2D eigenvalue weighted by Gasteiger charge is -2.07. The minimum absolute atomic E-state index is 0.0739. The van der Waals surface area contributed by atoms with Gasteiger partial charge in [-0.15, -0.1) is 0 Å². The molecule has 1 aromatic carbocycles. The Morgan fingerprint density at radius 1 is 1.32 bits per heavy atom. The molecule has 0 radical (unpaired) electrons. The van der Waals surface area contributed by atoms with Gasteiger partial charge < -0.3 is 14.1 Å². The van der Waals surface area contributed by atoms with Gasteiger partial charge in [-0.25, -0.2) is 4.79 Å². The number of esters is 1. The van der Waals surface area contributed by atoms with Crippen LogP contribution in [0.2, 0.25) is 0 Å². The average Bonchev–Trinajstić information content (AvgIpc) is 3.13. The maximum absolute atomic E-state index is 11.8. The third kappa shape index (κ3) is 3.92. The molecule has 0 fully saturated rings. The maximum Gasteiger partial charge on any atom is 0.347 e. The minimum atomic E-state index is -0.499. The number of aromatic nitrogens is 2. The molecule has 2 heterocycles. The van der Waals surface area contributed by atoms with Crippen LogP contribution in [0, 0.1) is 0 Å². The van der Waals surface area contributed by atoms with Crippen LogP contribution in [0.1, 0.15) is 19.1 Å². The Morgan fingerprint density at radius 3 is 2.92 bits per heavy atom. The number of hydrogen-bond donors (Lipinski definition) is 2. The molecule has 0 saturated carbocycles. The van der Waals surface area contributed by atoms with E-state index in [-0.39, 0.29) is 18.8 Å². The molecule has 0 aliphatic heterocycles. The first-order valence-corrected chi connectivity index (χ1v) is 7.68. The third-order valence-electron chi connectivity index (χ3n) is 3.36. The van der Waals surface area contributed by atoms with E-state index in [1.165, 1.54) is 6.26 Å². The van der Waals surface area contributed by atoms with Crippen LogP contribution in [0.15, 0.2) is 57.0 Å². The number of furan rings is 1. The van der Waals surface area contributed by atoms with E-state index in [0.29, 0.717) is 22.4 Å². The number of nitrogens with zero attached hydrogens (tertiary/aromatic N) is 2. The van der Waals surface area contributed by atoms with E-state index in [0.717, 1.165) is 0 Å². The second kappa shape index (κ2) is 7.43. The molecular formula is C17H16N4O4. The van der Waals surface area contributed by atoms with Crippen LogP contribution >= 0.6 is 0 Å². The average molecular weight is 340 g/mol. The van der Waals surface area contributed by atoms with E-state index in [4.69, 9.17) is 9.15 Å². The summed E-state index contributed by atoms with van der Waals surface area (Å²) in [5.41, 5.74) is 3.23. The molecule has 3 rings (SSSR count). The zero-order valence-corrected chi connectivity index (χ0v) is 13.5. The molecule has 0 unspecified atom stereocenters. The van der Waals surface area contributed by atoms with E-state index < -0.39 is 11.7 Å². The van der Waals surface area contributed by atoms with Gasteiger partial charge in [0.15, 0.2) is 5.82 Å². The fourth-order valence-electron chi connectivity index (χ4n) is 2.28. The van der Waals surface area contributed by atoms with Crippen molar-refractivity contribution in [1.29, 1.82) is 0 Å². The molecule has 0 saturated heterocycles. The number of carbonyl (C=O) groups excluding carboxylic acids is 1. The van der Waals surface area contributed by atoms with Crippen molar-refractivity contribution < 1.29 is 13.9 Å². The van der Waals surface area contributed by atoms with Gasteiger partial charge >= 0.3 is 11.7 Å². The highest BCUT2D eigenvalue weighted by Crippen LogP contribution is 2.17. The fourth-order valence-corrected chi connectivity index (χ4v) is 2.28. The number of H-pyrrole nitrogens is 1. The Kier molecular flexibility index (Phi) is 4.89. The predicted octanol–water partition coefficient (Wildman–Crippen LogP) is 2.29. The lowest BCUT2D eigenvalue weighted by atomic mass is 10.2. The first kappa shape index (κ1) is 16.4. The summed E-state index contributed by atoms with van der Waals surface area (Å²) in [6, 6.07) is 10.6. The number of para-hydroxylation sites is 1. The molecule has 0 amide bonds. The molecule has 0 bridgehead atoms. The van der Waals surface area contributed by atoms with Crippen molar-refractivity contribution in [1.82, 2.24) is 9.97 Å². The molecule has 2 N–H and O–H groups in total. The highest BCUT2D eigenvalue weighted by molar-refractivity contribution is 6.08. The number of anilines is 1. The number of nitrogens with one attached hydrogen (secondary N) is 2. The van der Waals surface area contributed by atoms with Crippen LogP contribution in [-0.4, -0.2) is 28.3 Å². The molecule has 8 nitrogen and oxygen atoms in total. The van der Waals surface area contributed by atoms with Crippen molar-refractivity contribution in [2.24, 2.45) is 5.10 Å². The second-order valence-electron chi connectivity index (χ2n) is 5.07. The van der Waals surface area contributed by atoms with Crippen molar-refractivity contribution in [3.8, 4) is 0 Å². The lowest BCUT2D eigenvalue weighted by molar-refractivity contribution is -0.141. The summed E-state index contributed by atoms with van der Waals surface area (Å²) in [7, 11) is 0.